The van der Waals surface area contributed by atoms with Gasteiger partial charge in [0.15, 0.2) is 0 Å². The van der Waals surface area contributed by atoms with E-state index in [1.54, 1.807) is 11.3 Å². The minimum atomic E-state index is 0.0288. The van der Waals surface area contributed by atoms with E-state index in [0.717, 1.165) is 24.0 Å². The van der Waals surface area contributed by atoms with Crippen molar-refractivity contribution in [3.8, 4) is 0 Å². The van der Waals surface area contributed by atoms with Gasteiger partial charge in [-0.2, -0.15) is 11.3 Å². The lowest BCUT2D eigenvalue weighted by Gasteiger charge is -2.29. The van der Waals surface area contributed by atoms with Crippen LogP contribution in [-0.4, -0.2) is 18.0 Å². The van der Waals surface area contributed by atoms with Crippen LogP contribution in [-0.2, 0) is 0 Å². The molecule has 1 heterocycles. The van der Waals surface area contributed by atoms with Gasteiger partial charge in [-0.25, -0.2) is 0 Å². The van der Waals surface area contributed by atoms with Gasteiger partial charge in [-0.1, -0.05) is 12.8 Å². The summed E-state index contributed by atoms with van der Waals surface area (Å²) >= 11 is 1.57. The van der Waals surface area contributed by atoms with Crippen molar-refractivity contribution in [3.05, 3.63) is 21.9 Å². The van der Waals surface area contributed by atoms with E-state index in [1.807, 2.05) is 17.7 Å². The second-order valence-corrected chi connectivity index (χ2v) is 5.24. The molecule has 4 heteroatoms. The molecule has 1 aliphatic rings. The number of nitrogens with one attached hydrogen (secondary N) is 1. The first-order valence-electron chi connectivity index (χ1n) is 5.77. The molecule has 1 aromatic heterocycles. The maximum Gasteiger partial charge on any atom is 0.252 e. The summed E-state index contributed by atoms with van der Waals surface area (Å²) in [4.78, 5) is 12.0. The molecule has 2 rings (SSSR count). The van der Waals surface area contributed by atoms with Crippen LogP contribution in [0.3, 0.4) is 0 Å². The average Bonchev–Trinajstić information content (AvgIpc) is 2.68. The van der Waals surface area contributed by atoms with E-state index < -0.39 is 0 Å². The number of hydrogen-bond donors (Lipinski definition) is 2. The highest BCUT2D eigenvalue weighted by molar-refractivity contribution is 7.08. The Morgan fingerprint density at radius 3 is 2.81 bits per heavy atom. The van der Waals surface area contributed by atoms with E-state index in [-0.39, 0.29) is 18.0 Å². The maximum atomic E-state index is 12.0. The molecular formula is C12H18N2OS. The largest absolute Gasteiger partial charge is 0.348 e. The lowest BCUT2D eigenvalue weighted by atomic mass is 9.91. The van der Waals surface area contributed by atoms with Gasteiger partial charge in [-0.3, -0.25) is 4.79 Å². The molecule has 0 saturated heterocycles. The van der Waals surface area contributed by atoms with Crippen molar-refractivity contribution in [1.82, 2.24) is 5.32 Å². The van der Waals surface area contributed by atoms with Crippen molar-refractivity contribution in [1.29, 1.82) is 0 Å². The molecule has 1 fully saturated rings. The summed E-state index contributed by atoms with van der Waals surface area (Å²) in [5.41, 5.74) is 7.85. The number of carbonyl (C=O) groups excluding carboxylic acids is 1. The number of thiophene rings is 1. The van der Waals surface area contributed by atoms with Crippen LogP contribution in [0.15, 0.2) is 10.8 Å². The first kappa shape index (κ1) is 11.6. The Kier molecular flexibility index (Phi) is 3.61. The highest BCUT2D eigenvalue weighted by Gasteiger charge is 2.24. The summed E-state index contributed by atoms with van der Waals surface area (Å²) in [7, 11) is 0. The van der Waals surface area contributed by atoms with Crippen LogP contribution in [0.2, 0.25) is 0 Å². The zero-order chi connectivity index (χ0) is 11.5. The molecule has 16 heavy (non-hydrogen) atoms. The first-order chi connectivity index (χ1) is 7.68. The fourth-order valence-electron chi connectivity index (χ4n) is 2.18. The van der Waals surface area contributed by atoms with Gasteiger partial charge in [0.25, 0.3) is 5.91 Å². The predicted molar refractivity (Wildman–Crippen MR) is 66.8 cm³/mol. The van der Waals surface area contributed by atoms with E-state index in [0.29, 0.717) is 0 Å². The van der Waals surface area contributed by atoms with Gasteiger partial charge in [0, 0.05) is 17.5 Å². The van der Waals surface area contributed by atoms with E-state index in [1.165, 1.54) is 12.8 Å². The summed E-state index contributed by atoms with van der Waals surface area (Å²) in [6, 6.07) is 0.275. The molecule has 0 bridgehead atoms. The topological polar surface area (TPSA) is 55.1 Å². The predicted octanol–water partition coefficient (Wildman–Crippen LogP) is 2.06. The molecule has 1 aromatic rings. The number of carbonyl (C=O) groups is 1. The summed E-state index contributed by atoms with van der Waals surface area (Å²) < 4.78 is 0. The summed E-state index contributed by atoms with van der Waals surface area (Å²) in [6.45, 7) is 1.96. The third-order valence-electron chi connectivity index (χ3n) is 3.24. The minimum Gasteiger partial charge on any atom is -0.348 e. The first-order valence-corrected chi connectivity index (χ1v) is 6.72. The van der Waals surface area contributed by atoms with Crippen molar-refractivity contribution in [3.63, 3.8) is 0 Å². The molecule has 88 valence electrons. The number of amides is 1. The molecule has 0 spiro atoms. The fourth-order valence-corrected chi connectivity index (χ4v) is 3.01. The van der Waals surface area contributed by atoms with E-state index >= 15 is 0 Å². The van der Waals surface area contributed by atoms with Crippen LogP contribution in [0, 0.1) is 6.92 Å². The average molecular weight is 238 g/mol. The molecule has 1 saturated carbocycles. The molecular weight excluding hydrogens is 220 g/mol. The molecule has 1 amide bonds. The molecule has 0 aliphatic heterocycles. The van der Waals surface area contributed by atoms with E-state index in [2.05, 4.69) is 5.32 Å². The smallest absolute Gasteiger partial charge is 0.252 e. The second kappa shape index (κ2) is 4.97. The summed E-state index contributed by atoms with van der Waals surface area (Å²) in [5.74, 6) is 0.0288. The molecule has 3 N–H and O–H groups in total. The van der Waals surface area contributed by atoms with Crippen LogP contribution >= 0.6 is 11.3 Å². The minimum absolute atomic E-state index is 0.0288. The fraction of sp³-hybridized carbons (Fsp3) is 0.583. The lowest BCUT2D eigenvalue weighted by molar-refractivity contribution is 0.0921. The molecule has 1 aliphatic carbocycles. The molecule has 2 atom stereocenters. The summed E-state index contributed by atoms with van der Waals surface area (Å²) in [6.07, 6.45) is 4.38. The Morgan fingerprint density at radius 2 is 2.19 bits per heavy atom. The Labute approximate surface area is 100 Å². The number of nitrogens with two attached hydrogens (primary N) is 1. The van der Waals surface area contributed by atoms with Gasteiger partial charge in [0.05, 0.1) is 5.56 Å². The van der Waals surface area contributed by atoms with Crippen molar-refractivity contribution < 1.29 is 4.79 Å². The normalized spacial score (nSPS) is 25.4. The quantitative estimate of drug-likeness (QED) is 0.828. The van der Waals surface area contributed by atoms with Crippen molar-refractivity contribution >= 4 is 17.2 Å². The molecule has 3 nitrogen and oxygen atoms in total. The van der Waals surface area contributed by atoms with Crippen LogP contribution in [0.5, 0.6) is 0 Å². The maximum absolute atomic E-state index is 12.0. The highest BCUT2D eigenvalue weighted by atomic mass is 32.1. The van der Waals surface area contributed by atoms with Crippen LogP contribution in [0.25, 0.3) is 0 Å². The van der Waals surface area contributed by atoms with Gasteiger partial charge >= 0.3 is 0 Å². The standard InChI is InChI=1S/C12H18N2OS/c1-8-6-16-7-9(8)12(15)14-11-5-3-2-4-10(11)13/h6-7,10-11H,2-5,13H2,1H3,(H,14,15)/t10-,11-/m1/s1. The summed E-state index contributed by atoms with van der Waals surface area (Å²) in [5, 5.41) is 6.95. The van der Waals surface area contributed by atoms with Crippen LogP contribution < -0.4 is 11.1 Å². The Morgan fingerprint density at radius 1 is 1.44 bits per heavy atom. The third kappa shape index (κ3) is 2.44. The van der Waals surface area contributed by atoms with Gasteiger partial charge in [0.2, 0.25) is 0 Å². The zero-order valence-electron chi connectivity index (χ0n) is 9.53. The van der Waals surface area contributed by atoms with Crippen molar-refractivity contribution in [2.24, 2.45) is 5.73 Å². The van der Waals surface area contributed by atoms with E-state index in [9.17, 15) is 4.79 Å². The van der Waals surface area contributed by atoms with Gasteiger partial charge in [-0.15, -0.1) is 0 Å². The Balaban J connectivity index is 1.99. The Bertz CT molecular complexity index is 375. The Hall–Kier alpha value is -0.870. The molecule has 0 radical (unpaired) electrons. The van der Waals surface area contributed by atoms with Crippen molar-refractivity contribution in [2.45, 2.75) is 44.7 Å². The zero-order valence-corrected chi connectivity index (χ0v) is 10.3. The third-order valence-corrected chi connectivity index (χ3v) is 4.10. The van der Waals surface area contributed by atoms with Crippen LogP contribution in [0.4, 0.5) is 0 Å². The van der Waals surface area contributed by atoms with Gasteiger partial charge in [0.1, 0.15) is 0 Å². The monoisotopic (exact) mass is 238 g/mol. The highest BCUT2D eigenvalue weighted by Crippen LogP contribution is 2.19. The van der Waals surface area contributed by atoms with Gasteiger partial charge in [-0.05, 0) is 30.7 Å². The number of rotatable bonds is 2. The molecule has 0 unspecified atom stereocenters. The SMILES string of the molecule is Cc1cscc1C(=O)N[C@@H]1CCCC[C@H]1N. The second-order valence-electron chi connectivity index (χ2n) is 4.50. The van der Waals surface area contributed by atoms with Crippen molar-refractivity contribution in [2.75, 3.05) is 0 Å². The lowest BCUT2D eigenvalue weighted by Crippen LogP contribution is -2.49. The number of hydrogen-bond acceptors (Lipinski definition) is 3. The van der Waals surface area contributed by atoms with Gasteiger partial charge < -0.3 is 11.1 Å². The van der Waals surface area contributed by atoms with E-state index in [4.69, 9.17) is 5.73 Å². The molecule has 0 aromatic carbocycles. The number of aryl methyl sites for hydroxylation is 1. The van der Waals surface area contributed by atoms with Crippen LogP contribution in [0.1, 0.15) is 41.6 Å².